The second-order valence-corrected chi connectivity index (χ2v) is 5.28. The Morgan fingerprint density at radius 3 is 2.72 bits per heavy atom. The quantitative estimate of drug-likeness (QED) is 0.890. The fraction of sp³-hybridized carbons (Fsp3) is 0.600. The molecule has 1 atom stereocenters. The Hall–Kier alpha value is -1.22. The SMILES string of the molecule is OC(CCc1ccc2c(c1)OCCCO2)C1CC1. The number of hydrogen-bond donors (Lipinski definition) is 1. The third-order valence-electron chi connectivity index (χ3n) is 3.71. The van der Waals surface area contributed by atoms with Crippen molar-refractivity contribution in [3.8, 4) is 11.5 Å². The van der Waals surface area contributed by atoms with Crippen LogP contribution in [0.25, 0.3) is 0 Å². The monoisotopic (exact) mass is 248 g/mol. The molecule has 0 radical (unpaired) electrons. The maximum atomic E-state index is 9.88. The van der Waals surface area contributed by atoms with E-state index in [1.807, 2.05) is 6.07 Å². The van der Waals surface area contributed by atoms with Gasteiger partial charge < -0.3 is 14.6 Å². The van der Waals surface area contributed by atoms with Crippen LogP contribution in [0.15, 0.2) is 18.2 Å². The topological polar surface area (TPSA) is 38.7 Å². The van der Waals surface area contributed by atoms with Gasteiger partial charge in [-0.3, -0.25) is 0 Å². The van der Waals surface area contributed by atoms with E-state index >= 15 is 0 Å². The molecule has 1 aliphatic carbocycles. The first kappa shape index (κ1) is 11.8. The van der Waals surface area contributed by atoms with Crippen molar-refractivity contribution in [1.29, 1.82) is 0 Å². The normalized spacial score (nSPS) is 20.3. The second-order valence-electron chi connectivity index (χ2n) is 5.28. The molecule has 18 heavy (non-hydrogen) atoms. The molecule has 0 aromatic heterocycles. The van der Waals surface area contributed by atoms with E-state index in [1.165, 1.54) is 18.4 Å². The summed E-state index contributed by atoms with van der Waals surface area (Å²) in [6.07, 6.45) is 4.97. The summed E-state index contributed by atoms with van der Waals surface area (Å²) in [4.78, 5) is 0. The van der Waals surface area contributed by atoms with Crippen molar-refractivity contribution in [2.75, 3.05) is 13.2 Å². The Labute approximate surface area is 108 Å². The average Bonchev–Trinajstić information content (AvgIpc) is 3.21. The van der Waals surface area contributed by atoms with Crippen molar-refractivity contribution >= 4 is 0 Å². The van der Waals surface area contributed by atoms with Crippen LogP contribution in [0.2, 0.25) is 0 Å². The lowest BCUT2D eigenvalue weighted by atomic mass is 10.0. The zero-order valence-electron chi connectivity index (χ0n) is 10.6. The molecule has 0 saturated heterocycles. The highest BCUT2D eigenvalue weighted by Gasteiger charge is 2.29. The van der Waals surface area contributed by atoms with Gasteiger partial charge in [0.1, 0.15) is 0 Å². The van der Waals surface area contributed by atoms with Crippen LogP contribution < -0.4 is 9.47 Å². The van der Waals surface area contributed by atoms with Crippen LogP contribution in [-0.4, -0.2) is 24.4 Å². The number of benzene rings is 1. The van der Waals surface area contributed by atoms with E-state index in [0.717, 1.165) is 44.0 Å². The molecule has 1 fully saturated rings. The molecular weight excluding hydrogens is 228 g/mol. The predicted octanol–water partition coefficient (Wildman–Crippen LogP) is 2.55. The molecule has 1 aromatic rings. The molecule has 98 valence electrons. The first-order valence-electron chi connectivity index (χ1n) is 6.89. The van der Waals surface area contributed by atoms with Crippen molar-refractivity contribution in [1.82, 2.24) is 0 Å². The number of aryl methyl sites for hydroxylation is 1. The lowest BCUT2D eigenvalue weighted by Gasteiger charge is -2.11. The van der Waals surface area contributed by atoms with E-state index in [2.05, 4.69) is 12.1 Å². The summed E-state index contributed by atoms with van der Waals surface area (Å²) in [5.41, 5.74) is 1.22. The molecule has 1 N–H and O–H groups in total. The Morgan fingerprint density at radius 2 is 1.94 bits per heavy atom. The van der Waals surface area contributed by atoms with Gasteiger partial charge in [-0.2, -0.15) is 0 Å². The molecule has 3 nitrogen and oxygen atoms in total. The zero-order valence-corrected chi connectivity index (χ0v) is 10.6. The van der Waals surface area contributed by atoms with E-state index in [-0.39, 0.29) is 6.10 Å². The van der Waals surface area contributed by atoms with Crippen LogP contribution in [0.5, 0.6) is 11.5 Å². The summed E-state index contributed by atoms with van der Waals surface area (Å²) in [6, 6.07) is 6.12. The molecule has 1 saturated carbocycles. The Morgan fingerprint density at radius 1 is 1.17 bits per heavy atom. The lowest BCUT2D eigenvalue weighted by Crippen LogP contribution is -2.10. The van der Waals surface area contributed by atoms with E-state index in [9.17, 15) is 5.11 Å². The number of fused-ring (bicyclic) bond motifs is 1. The van der Waals surface area contributed by atoms with Gasteiger partial charge in [-0.15, -0.1) is 0 Å². The maximum absolute atomic E-state index is 9.88. The van der Waals surface area contributed by atoms with E-state index in [4.69, 9.17) is 9.47 Å². The summed E-state index contributed by atoms with van der Waals surface area (Å²) in [5, 5.41) is 9.88. The number of aliphatic hydroxyl groups is 1. The fourth-order valence-corrected chi connectivity index (χ4v) is 2.39. The molecular formula is C15H20O3. The lowest BCUT2D eigenvalue weighted by molar-refractivity contribution is 0.142. The van der Waals surface area contributed by atoms with E-state index in [0.29, 0.717) is 5.92 Å². The van der Waals surface area contributed by atoms with Crippen LogP contribution in [0.4, 0.5) is 0 Å². The molecule has 1 unspecified atom stereocenters. The molecule has 3 rings (SSSR count). The van der Waals surface area contributed by atoms with Crippen LogP contribution in [0.1, 0.15) is 31.2 Å². The zero-order chi connectivity index (χ0) is 12.4. The summed E-state index contributed by atoms with van der Waals surface area (Å²) in [6.45, 7) is 1.45. The minimum atomic E-state index is -0.124. The third kappa shape index (κ3) is 2.78. The summed E-state index contributed by atoms with van der Waals surface area (Å²) in [5.74, 6) is 2.26. The molecule has 0 amide bonds. The minimum Gasteiger partial charge on any atom is -0.490 e. The maximum Gasteiger partial charge on any atom is 0.161 e. The molecule has 1 aromatic carbocycles. The minimum absolute atomic E-state index is 0.124. The summed E-state index contributed by atoms with van der Waals surface area (Å²) >= 11 is 0. The van der Waals surface area contributed by atoms with Gasteiger partial charge in [-0.25, -0.2) is 0 Å². The van der Waals surface area contributed by atoms with Gasteiger partial charge in [0.2, 0.25) is 0 Å². The molecule has 0 spiro atoms. The second kappa shape index (κ2) is 5.19. The van der Waals surface area contributed by atoms with E-state index in [1.54, 1.807) is 0 Å². The Bertz CT molecular complexity index is 412. The average molecular weight is 248 g/mol. The van der Waals surface area contributed by atoms with Crippen molar-refractivity contribution in [3.63, 3.8) is 0 Å². The standard InChI is InChI=1S/C15H20O3/c16-13(12-4-5-12)6-2-11-3-7-14-15(10-11)18-9-1-8-17-14/h3,7,10,12-13,16H,1-2,4-6,8-9H2. The van der Waals surface area contributed by atoms with Crippen LogP contribution >= 0.6 is 0 Å². The molecule has 1 heterocycles. The van der Waals surface area contributed by atoms with Gasteiger partial charge in [0.25, 0.3) is 0 Å². The Balaban J connectivity index is 1.63. The molecule has 3 heteroatoms. The largest absolute Gasteiger partial charge is 0.490 e. The van der Waals surface area contributed by atoms with Crippen molar-refractivity contribution in [2.45, 2.75) is 38.2 Å². The van der Waals surface area contributed by atoms with Gasteiger partial charge in [0.15, 0.2) is 11.5 Å². The summed E-state index contributed by atoms with van der Waals surface area (Å²) in [7, 11) is 0. The molecule has 1 aliphatic heterocycles. The highest BCUT2D eigenvalue weighted by molar-refractivity contribution is 5.43. The number of hydrogen-bond acceptors (Lipinski definition) is 3. The predicted molar refractivity (Wildman–Crippen MR) is 69.1 cm³/mol. The van der Waals surface area contributed by atoms with Crippen LogP contribution in [0.3, 0.4) is 0 Å². The number of ether oxygens (including phenoxy) is 2. The van der Waals surface area contributed by atoms with Crippen molar-refractivity contribution in [2.24, 2.45) is 5.92 Å². The van der Waals surface area contributed by atoms with Crippen LogP contribution in [0, 0.1) is 5.92 Å². The van der Waals surface area contributed by atoms with Crippen molar-refractivity contribution < 1.29 is 14.6 Å². The highest BCUT2D eigenvalue weighted by Crippen LogP contribution is 2.35. The van der Waals surface area contributed by atoms with Gasteiger partial charge in [0.05, 0.1) is 19.3 Å². The summed E-state index contributed by atoms with van der Waals surface area (Å²) < 4.78 is 11.3. The van der Waals surface area contributed by atoms with Gasteiger partial charge >= 0.3 is 0 Å². The molecule has 2 aliphatic rings. The van der Waals surface area contributed by atoms with Crippen LogP contribution in [-0.2, 0) is 6.42 Å². The molecule has 0 bridgehead atoms. The first-order chi connectivity index (χ1) is 8.83. The fourth-order valence-electron chi connectivity index (χ4n) is 2.39. The Kier molecular flexibility index (Phi) is 3.41. The van der Waals surface area contributed by atoms with Gasteiger partial charge in [0, 0.05) is 6.42 Å². The number of rotatable bonds is 4. The number of aliphatic hydroxyl groups excluding tert-OH is 1. The smallest absolute Gasteiger partial charge is 0.161 e. The van der Waals surface area contributed by atoms with E-state index < -0.39 is 0 Å². The van der Waals surface area contributed by atoms with Gasteiger partial charge in [-0.1, -0.05) is 6.07 Å². The first-order valence-corrected chi connectivity index (χ1v) is 6.89. The van der Waals surface area contributed by atoms with Crippen molar-refractivity contribution in [3.05, 3.63) is 23.8 Å². The third-order valence-corrected chi connectivity index (χ3v) is 3.71. The van der Waals surface area contributed by atoms with Gasteiger partial charge in [-0.05, 0) is 49.3 Å². The highest BCUT2D eigenvalue weighted by atomic mass is 16.5.